The number of carbonyl (C=O) groups excluding carboxylic acids is 1. The largest absolute Gasteiger partial charge is 0.458 e. The topological polar surface area (TPSA) is 41.9 Å². The summed E-state index contributed by atoms with van der Waals surface area (Å²) >= 11 is 0. The van der Waals surface area contributed by atoms with Gasteiger partial charge in [0.05, 0.1) is 17.6 Å². The van der Waals surface area contributed by atoms with Gasteiger partial charge < -0.3 is 9.64 Å². The maximum atomic E-state index is 12.8. The lowest BCUT2D eigenvalue weighted by molar-refractivity contribution is -0.146. The first kappa shape index (κ1) is 17.4. The molecule has 0 N–H and O–H groups in total. The minimum absolute atomic E-state index is 0.386. The van der Waals surface area contributed by atoms with Crippen LogP contribution in [0.1, 0.15) is 41.3 Å². The molecule has 0 aromatic heterocycles. The summed E-state index contributed by atoms with van der Waals surface area (Å²) in [5.41, 5.74) is 2.73. The Balaban J connectivity index is 2.10. The highest BCUT2D eigenvalue weighted by Crippen LogP contribution is 2.39. The monoisotopic (exact) mass is 324 g/mol. The molecule has 0 radical (unpaired) electrons. The maximum Gasteiger partial charge on any atom is 0.338 e. The zero-order valence-electron chi connectivity index (χ0n) is 13.9. The van der Waals surface area contributed by atoms with Crippen molar-refractivity contribution in [2.75, 3.05) is 13.6 Å². The fourth-order valence-corrected chi connectivity index (χ4v) is 2.31. The first-order chi connectivity index (χ1) is 10.7. The van der Waals surface area contributed by atoms with Crippen LogP contribution >= 0.6 is 0 Å². The smallest absolute Gasteiger partial charge is 0.338 e. The van der Waals surface area contributed by atoms with E-state index in [1.807, 2.05) is 25.8 Å². The van der Waals surface area contributed by atoms with E-state index in [0.29, 0.717) is 5.56 Å². The average Bonchev–Trinajstić information content (AvgIpc) is 2.45. The fourth-order valence-electron chi connectivity index (χ4n) is 2.31. The SMILES string of the molecule is CCN(C)C=Nc1cc(C)c(C(=O)OC2CC(F)(F)C2)cc1C. The summed E-state index contributed by atoms with van der Waals surface area (Å²) in [7, 11) is 1.92. The van der Waals surface area contributed by atoms with Crippen LogP contribution < -0.4 is 0 Å². The average molecular weight is 324 g/mol. The lowest BCUT2D eigenvalue weighted by atomic mass is 9.91. The zero-order valence-corrected chi connectivity index (χ0v) is 13.9. The number of halogens is 2. The molecule has 4 nitrogen and oxygen atoms in total. The number of alkyl halides is 2. The van der Waals surface area contributed by atoms with E-state index in [1.165, 1.54) is 0 Å². The molecule has 1 aromatic rings. The summed E-state index contributed by atoms with van der Waals surface area (Å²) in [5.74, 6) is -3.24. The van der Waals surface area contributed by atoms with Crippen LogP contribution in [-0.4, -0.2) is 42.8 Å². The van der Waals surface area contributed by atoms with E-state index in [9.17, 15) is 13.6 Å². The first-order valence-corrected chi connectivity index (χ1v) is 7.66. The van der Waals surface area contributed by atoms with E-state index < -0.39 is 18.0 Å². The Hall–Kier alpha value is -1.98. The highest BCUT2D eigenvalue weighted by molar-refractivity contribution is 5.92. The minimum atomic E-state index is -2.69. The summed E-state index contributed by atoms with van der Waals surface area (Å²) in [4.78, 5) is 18.5. The van der Waals surface area contributed by atoms with Gasteiger partial charge in [0, 0.05) is 26.4 Å². The molecule has 1 aliphatic carbocycles. The Labute approximate surface area is 135 Å². The van der Waals surface area contributed by atoms with E-state index in [4.69, 9.17) is 4.74 Å². The highest BCUT2D eigenvalue weighted by atomic mass is 19.3. The van der Waals surface area contributed by atoms with Crippen molar-refractivity contribution in [3.05, 3.63) is 28.8 Å². The predicted molar refractivity (Wildman–Crippen MR) is 85.8 cm³/mol. The molecular weight excluding hydrogens is 302 g/mol. The van der Waals surface area contributed by atoms with Gasteiger partial charge in [-0.1, -0.05) is 0 Å². The Kier molecular flexibility index (Phi) is 5.02. The zero-order chi connectivity index (χ0) is 17.2. The fraction of sp³-hybridized carbons (Fsp3) is 0.529. The van der Waals surface area contributed by atoms with Gasteiger partial charge in [-0.3, -0.25) is 0 Å². The normalized spacial score (nSPS) is 17.1. The van der Waals surface area contributed by atoms with Crippen LogP contribution in [0.25, 0.3) is 0 Å². The van der Waals surface area contributed by atoms with Crippen molar-refractivity contribution in [3.63, 3.8) is 0 Å². The molecule has 23 heavy (non-hydrogen) atoms. The second-order valence-electron chi connectivity index (χ2n) is 6.06. The van der Waals surface area contributed by atoms with Crippen molar-refractivity contribution in [3.8, 4) is 0 Å². The Morgan fingerprint density at radius 3 is 2.61 bits per heavy atom. The van der Waals surface area contributed by atoms with Gasteiger partial charge >= 0.3 is 5.97 Å². The van der Waals surface area contributed by atoms with Crippen molar-refractivity contribution in [1.29, 1.82) is 0 Å². The van der Waals surface area contributed by atoms with E-state index in [0.717, 1.165) is 23.4 Å². The van der Waals surface area contributed by atoms with Crippen molar-refractivity contribution in [1.82, 2.24) is 4.90 Å². The van der Waals surface area contributed by atoms with Crippen LogP contribution in [0, 0.1) is 13.8 Å². The van der Waals surface area contributed by atoms with Gasteiger partial charge in [-0.15, -0.1) is 0 Å². The number of carbonyl (C=O) groups is 1. The molecule has 0 saturated heterocycles. The number of hydrogen-bond acceptors (Lipinski definition) is 3. The Morgan fingerprint density at radius 2 is 2.04 bits per heavy atom. The number of hydrogen-bond donors (Lipinski definition) is 0. The molecule has 0 spiro atoms. The number of esters is 1. The van der Waals surface area contributed by atoms with Gasteiger partial charge in [0.15, 0.2) is 0 Å². The second kappa shape index (κ2) is 6.64. The third-order valence-corrected chi connectivity index (χ3v) is 3.98. The van der Waals surface area contributed by atoms with Gasteiger partial charge in [0.1, 0.15) is 6.10 Å². The summed E-state index contributed by atoms with van der Waals surface area (Å²) < 4.78 is 30.7. The number of aliphatic imine (C=N–C) groups is 1. The number of aryl methyl sites for hydroxylation is 2. The summed E-state index contributed by atoms with van der Waals surface area (Å²) in [6.45, 7) is 6.51. The molecular formula is C17H22F2N2O2. The van der Waals surface area contributed by atoms with Crippen molar-refractivity contribution >= 4 is 18.0 Å². The summed E-state index contributed by atoms with van der Waals surface area (Å²) in [5, 5.41) is 0. The van der Waals surface area contributed by atoms with Crippen molar-refractivity contribution in [2.24, 2.45) is 4.99 Å². The molecule has 1 aliphatic rings. The molecule has 2 rings (SSSR count). The molecule has 1 saturated carbocycles. The number of benzene rings is 1. The van der Waals surface area contributed by atoms with Crippen LogP contribution in [0.15, 0.2) is 17.1 Å². The lowest BCUT2D eigenvalue weighted by Crippen LogP contribution is -2.42. The van der Waals surface area contributed by atoms with E-state index in [-0.39, 0.29) is 12.8 Å². The molecule has 0 heterocycles. The maximum absolute atomic E-state index is 12.8. The van der Waals surface area contributed by atoms with Gasteiger partial charge in [-0.05, 0) is 44.0 Å². The highest BCUT2D eigenvalue weighted by Gasteiger charge is 2.47. The quantitative estimate of drug-likeness (QED) is 0.469. The van der Waals surface area contributed by atoms with Crippen LogP contribution in [0.3, 0.4) is 0 Å². The molecule has 0 amide bonds. The van der Waals surface area contributed by atoms with Gasteiger partial charge in [-0.2, -0.15) is 0 Å². The van der Waals surface area contributed by atoms with E-state index in [2.05, 4.69) is 4.99 Å². The van der Waals surface area contributed by atoms with Crippen molar-refractivity contribution < 1.29 is 18.3 Å². The van der Waals surface area contributed by atoms with Crippen LogP contribution in [0.5, 0.6) is 0 Å². The molecule has 0 aliphatic heterocycles. The van der Waals surface area contributed by atoms with Crippen LogP contribution in [0.4, 0.5) is 14.5 Å². The Bertz CT molecular complexity index is 621. The second-order valence-corrected chi connectivity index (χ2v) is 6.06. The van der Waals surface area contributed by atoms with Gasteiger partial charge in [0.25, 0.3) is 5.92 Å². The minimum Gasteiger partial charge on any atom is -0.458 e. The Morgan fingerprint density at radius 1 is 1.39 bits per heavy atom. The number of rotatable bonds is 5. The molecule has 126 valence electrons. The molecule has 6 heteroatoms. The van der Waals surface area contributed by atoms with Crippen LogP contribution in [0.2, 0.25) is 0 Å². The lowest BCUT2D eigenvalue weighted by Gasteiger charge is -2.34. The third kappa shape index (κ3) is 4.27. The number of nitrogens with zero attached hydrogens (tertiary/aromatic N) is 2. The van der Waals surface area contributed by atoms with Crippen molar-refractivity contribution in [2.45, 2.75) is 45.6 Å². The van der Waals surface area contributed by atoms with Gasteiger partial charge in [-0.25, -0.2) is 18.6 Å². The van der Waals surface area contributed by atoms with Crippen LogP contribution in [-0.2, 0) is 4.74 Å². The van der Waals surface area contributed by atoms with Gasteiger partial charge in [0.2, 0.25) is 0 Å². The third-order valence-electron chi connectivity index (χ3n) is 3.98. The van der Waals surface area contributed by atoms with E-state index >= 15 is 0 Å². The first-order valence-electron chi connectivity index (χ1n) is 7.66. The molecule has 1 fully saturated rings. The predicted octanol–water partition coefficient (Wildman–Crippen LogP) is 3.87. The molecule has 0 unspecified atom stereocenters. The molecule has 0 bridgehead atoms. The van der Waals surface area contributed by atoms with E-state index in [1.54, 1.807) is 25.4 Å². The molecule has 0 atom stereocenters. The summed E-state index contributed by atoms with van der Waals surface area (Å²) in [6, 6.07) is 3.51. The standard InChI is InChI=1S/C17H22F2N2O2/c1-5-21(4)10-20-15-7-11(2)14(6-12(15)3)16(22)23-13-8-17(18,19)9-13/h6-7,10,13H,5,8-9H2,1-4H3. The molecule has 1 aromatic carbocycles. The number of ether oxygens (including phenoxy) is 1. The summed E-state index contributed by atoms with van der Waals surface area (Å²) in [6.07, 6.45) is 0.273.